The molecule has 276 valence electrons. The lowest BCUT2D eigenvalue weighted by Crippen LogP contribution is -2.22. The number of hydrogen-bond acceptors (Lipinski definition) is 4. The monoisotopic (exact) mass is 676 g/mol. The third-order valence-corrected chi connectivity index (χ3v) is 10.6. The number of rotatable bonds is 38. The number of allylic oxidation sites excluding steroid dienone is 4. The third-order valence-electron chi connectivity index (χ3n) is 9.24. The average molecular weight is 676 g/mol. The van der Waals surface area contributed by atoms with Crippen LogP contribution in [0.1, 0.15) is 206 Å². The maximum atomic E-state index is 13.2. The molecular weight excluding hydrogens is 595 g/mol. The summed E-state index contributed by atoms with van der Waals surface area (Å²) >= 11 is 1.74. The van der Waals surface area contributed by atoms with Gasteiger partial charge in [-0.05, 0) is 97.0 Å². The molecule has 0 fully saturated rings. The Bertz CT molecular complexity index is 731. The van der Waals surface area contributed by atoms with E-state index in [9.17, 15) is 9.59 Å². The zero-order valence-electron chi connectivity index (χ0n) is 32.2. The molecule has 0 heterocycles. The molecule has 1 atom stereocenters. The second kappa shape index (κ2) is 37.9. The number of thioether (sulfide) groups is 1. The minimum absolute atomic E-state index is 0.135. The van der Waals surface area contributed by atoms with Crippen molar-refractivity contribution in [2.24, 2.45) is 0 Å². The highest BCUT2D eigenvalue weighted by molar-refractivity contribution is 8.00. The van der Waals surface area contributed by atoms with Crippen molar-refractivity contribution in [3.8, 4) is 0 Å². The fourth-order valence-corrected chi connectivity index (χ4v) is 7.29. The molecule has 0 spiro atoms. The predicted molar refractivity (Wildman–Crippen MR) is 213 cm³/mol. The smallest absolute Gasteiger partial charge is 0.146 e. The van der Waals surface area contributed by atoms with Crippen LogP contribution in [0.15, 0.2) is 24.3 Å². The van der Waals surface area contributed by atoms with Gasteiger partial charge in [0, 0.05) is 19.3 Å². The van der Waals surface area contributed by atoms with Crippen molar-refractivity contribution in [3.05, 3.63) is 24.3 Å². The summed E-state index contributed by atoms with van der Waals surface area (Å²) in [5.74, 6) is 1.57. The second-order valence-corrected chi connectivity index (χ2v) is 15.7. The third kappa shape index (κ3) is 36.2. The Morgan fingerprint density at radius 2 is 0.894 bits per heavy atom. The maximum Gasteiger partial charge on any atom is 0.146 e. The second-order valence-electron chi connectivity index (χ2n) is 14.4. The van der Waals surface area contributed by atoms with Crippen LogP contribution in [0.4, 0.5) is 0 Å². The van der Waals surface area contributed by atoms with E-state index in [1.54, 1.807) is 11.8 Å². The van der Waals surface area contributed by atoms with Crippen LogP contribution < -0.4 is 0 Å². The highest BCUT2D eigenvalue weighted by Gasteiger charge is 2.21. The number of carbonyl (C=O) groups is 2. The van der Waals surface area contributed by atoms with E-state index in [1.165, 1.54) is 141 Å². The predicted octanol–water partition coefficient (Wildman–Crippen LogP) is 13.6. The van der Waals surface area contributed by atoms with Crippen LogP contribution in [-0.2, 0) is 9.59 Å². The Morgan fingerprint density at radius 1 is 0.511 bits per heavy atom. The maximum absolute atomic E-state index is 13.2. The van der Waals surface area contributed by atoms with E-state index in [2.05, 4.69) is 57.1 Å². The Morgan fingerprint density at radius 3 is 1.32 bits per heavy atom. The molecule has 0 aliphatic carbocycles. The van der Waals surface area contributed by atoms with Crippen molar-refractivity contribution >= 4 is 23.3 Å². The molecule has 0 saturated carbocycles. The van der Waals surface area contributed by atoms with Crippen LogP contribution >= 0.6 is 11.8 Å². The number of Topliss-reactive ketones (excluding diaryl/α,β-unsaturated/α-hetero) is 2. The van der Waals surface area contributed by atoms with Gasteiger partial charge >= 0.3 is 0 Å². The van der Waals surface area contributed by atoms with Gasteiger partial charge in [0.15, 0.2) is 0 Å². The molecule has 47 heavy (non-hydrogen) atoms. The van der Waals surface area contributed by atoms with Crippen molar-refractivity contribution in [1.29, 1.82) is 0 Å². The van der Waals surface area contributed by atoms with Crippen LogP contribution in [0.5, 0.6) is 0 Å². The first-order valence-corrected chi connectivity index (χ1v) is 21.7. The normalized spacial score (nSPS) is 12.6. The summed E-state index contributed by atoms with van der Waals surface area (Å²) in [6.45, 7) is 5.58. The molecule has 4 heteroatoms. The number of nitrogens with zero attached hydrogens (tertiary/aromatic N) is 1. The van der Waals surface area contributed by atoms with Gasteiger partial charge in [0.1, 0.15) is 11.6 Å². The van der Waals surface area contributed by atoms with Crippen molar-refractivity contribution < 1.29 is 9.59 Å². The molecule has 0 radical (unpaired) electrons. The van der Waals surface area contributed by atoms with E-state index in [-0.39, 0.29) is 5.25 Å². The lowest BCUT2D eigenvalue weighted by Gasteiger charge is -2.16. The molecule has 0 aliphatic rings. The highest BCUT2D eigenvalue weighted by Crippen LogP contribution is 2.22. The molecule has 0 aromatic rings. The fraction of sp³-hybridized carbons (Fsp3) is 0.860. The lowest BCUT2D eigenvalue weighted by atomic mass is 10.0. The van der Waals surface area contributed by atoms with Gasteiger partial charge in [-0.15, -0.1) is 0 Å². The molecule has 0 aromatic heterocycles. The molecule has 0 N–H and O–H groups in total. The first-order valence-electron chi connectivity index (χ1n) is 20.6. The number of carbonyl (C=O) groups excluding carboxylic acids is 2. The van der Waals surface area contributed by atoms with Gasteiger partial charge < -0.3 is 4.90 Å². The fourth-order valence-electron chi connectivity index (χ4n) is 6.10. The molecule has 0 bridgehead atoms. The molecular formula is C43H81NO2S. The number of unbranched alkanes of at least 4 members (excludes halogenated alkanes) is 22. The topological polar surface area (TPSA) is 37.4 Å². The summed E-state index contributed by atoms with van der Waals surface area (Å²) in [4.78, 5) is 28.2. The van der Waals surface area contributed by atoms with Gasteiger partial charge in [-0.25, -0.2) is 0 Å². The highest BCUT2D eigenvalue weighted by atomic mass is 32.2. The van der Waals surface area contributed by atoms with Crippen LogP contribution in [0.3, 0.4) is 0 Å². The van der Waals surface area contributed by atoms with Crippen molar-refractivity contribution in [2.45, 2.75) is 212 Å². The van der Waals surface area contributed by atoms with Crippen molar-refractivity contribution in [1.82, 2.24) is 4.90 Å². The van der Waals surface area contributed by atoms with Crippen molar-refractivity contribution in [3.63, 3.8) is 0 Å². The Hall–Kier alpha value is -0.870. The molecule has 0 saturated heterocycles. The van der Waals surface area contributed by atoms with Crippen LogP contribution in [0.2, 0.25) is 0 Å². The number of hydrogen-bond donors (Lipinski definition) is 0. The summed E-state index contributed by atoms with van der Waals surface area (Å²) < 4.78 is 0. The average Bonchev–Trinajstić information content (AvgIpc) is 3.05. The van der Waals surface area contributed by atoms with E-state index in [4.69, 9.17) is 0 Å². The summed E-state index contributed by atoms with van der Waals surface area (Å²) in [6.07, 6.45) is 45.3. The van der Waals surface area contributed by atoms with E-state index in [0.29, 0.717) is 30.8 Å². The van der Waals surface area contributed by atoms with E-state index < -0.39 is 0 Å². The minimum Gasteiger partial charge on any atom is -0.309 e. The van der Waals surface area contributed by atoms with Crippen molar-refractivity contribution in [2.75, 3.05) is 26.4 Å². The van der Waals surface area contributed by atoms with Crippen LogP contribution in [0, 0.1) is 0 Å². The number of ketones is 2. The first-order chi connectivity index (χ1) is 23.0. The van der Waals surface area contributed by atoms with Crippen LogP contribution in [-0.4, -0.2) is 48.1 Å². The van der Waals surface area contributed by atoms with E-state index >= 15 is 0 Å². The summed E-state index contributed by atoms with van der Waals surface area (Å²) in [5, 5.41) is -0.135. The lowest BCUT2D eigenvalue weighted by molar-refractivity contribution is -0.123. The molecule has 0 rings (SSSR count). The molecule has 0 aliphatic heterocycles. The Kier molecular flexibility index (Phi) is 37.2. The molecule has 1 unspecified atom stereocenters. The summed E-state index contributed by atoms with van der Waals surface area (Å²) in [5.41, 5.74) is 0. The molecule has 3 nitrogen and oxygen atoms in total. The SMILES string of the molecule is CCCCCCCC/C=C\CCCCCCCC(=O)CC(SCCCN(C)C)C(=O)CCCCCCC/C=C\CCCCCCCC. The Labute approximate surface area is 299 Å². The zero-order chi connectivity index (χ0) is 34.5. The van der Waals surface area contributed by atoms with Gasteiger partial charge in [-0.1, -0.05) is 141 Å². The first kappa shape index (κ1) is 46.1. The van der Waals surface area contributed by atoms with E-state index in [1.807, 2.05) is 0 Å². The van der Waals surface area contributed by atoms with Gasteiger partial charge in [0.25, 0.3) is 0 Å². The summed E-state index contributed by atoms with van der Waals surface area (Å²) in [6, 6.07) is 0. The zero-order valence-corrected chi connectivity index (χ0v) is 33.0. The van der Waals surface area contributed by atoms with Gasteiger partial charge in [-0.3, -0.25) is 9.59 Å². The van der Waals surface area contributed by atoms with Crippen LogP contribution in [0.25, 0.3) is 0 Å². The van der Waals surface area contributed by atoms with Gasteiger partial charge in [-0.2, -0.15) is 11.8 Å². The van der Waals surface area contributed by atoms with E-state index in [0.717, 1.165) is 44.4 Å². The van der Waals surface area contributed by atoms with Gasteiger partial charge in [0.2, 0.25) is 0 Å². The summed E-state index contributed by atoms with van der Waals surface area (Å²) in [7, 11) is 4.19. The standard InChI is InChI=1S/C43H81NO2S/c1-5-7-9-11-13-15-17-19-21-23-25-27-29-31-33-36-41(45)40-43(47-39-35-38-44(3)4)42(46)37-34-32-30-28-26-24-22-20-18-16-14-12-10-8-6-2/h19-22,43H,5-18,23-40H2,1-4H3/b21-19-,22-20-. The van der Waals surface area contributed by atoms with Gasteiger partial charge in [0.05, 0.1) is 5.25 Å². The minimum atomic E-state index is -0.135. The quantitative estimate of drug-likeness (QED) is 0.0482. The largest absolute Gasteiger partial charge is 0.309 e. The Balaban J connectivity index is 4.04. The molecule has 0 amide bonds. The molecule has 0 aromatic carbocycles.